The molecule has 1 aliphatic rings. The van der Waals surface area contributed by atoms with Crippen LogP contribution < -0.4 is 15.3 Å². The minimum atomic E-state index is -0.553. The van der Waals surface area contributed by atoms with Crippen molar-refractivity contribution in [2.45, 2.75) is 6.23 Å². The molecule has 0 aromatic heterocycles. The van der Waals surface area contributed by atoms with Gasteiger partial charge in [-0.05, 0) is 12.1 Å². The first kappa shape index (κ1) is 8.83. The van der Waals surface area contributed by atoms with Gasteiger partial charge in [-0.2, -0.15) is 0 Å². The molecule has 1 amide bonds. The molecule has 0 fully saturated rings. The van der Waals surface area contributed by atoms with Gasteiger partial charge in [0.05, 0.1) is 0 Å². The molecular weight excluding hydrogens is 184 g/mol. The minimum Gasteiger partial charge on any atom is -0.484 e. The molecule has 1 heterocycles. The average molecular weight is 194 g/mol. The number of carbonyl (C=O) groups excluding carboxylic acids is 1. The van der Waals surface area contributed by atoms with Crippen molar-refractivity contribution < 1.29 is 14.3 Å². The third-order valence-corrected chi connectivity index (χ3v) is 1.95. The highest BCUT2D eigenvalue weighted by Crippen LogP contribution is 2.30. The third kappa shape index (κ3) is 1.49. The van der Waals surface area contributed by atoms with Gasteiger partial charge in [-0.3, -0.25) is 4.79 Å². The summed E-state index contributed by atoms with van der Waals surface area (Å²) >= 11 is 0. The molecule has 1 unspecified atom stereocenters. The van der Waals surface area contributed by atoms with Crippen molar-refractivity contribution in [1.82, 2.24) is 5.01 Å². The fourth-order valence-corrected chi connectivity index (χ4v) is 1.22. The molecule has 0 radical (unpaired) electrons. The van der Waals surface area contributed by atoms with E-state index in [0.717, 1.165) is 5.01 Å². The maximum absolute atomic E-state index is 10.4. The van der Waals surface area contributed by atoms with E-state index in [1.165, 1.54) is 0 Å². The number of hydrogen-bond acceptors (Lipinski definition) is 4. The summed E-state index contributed by atoms with van der Waals surface area (Å²) in [5.74, 6) is 6.63. The van der Waals surface area contributed by atoms with Gasteiger partial charge in [0, 0.05) is 0 Å². The number of fused-ring (bicyclic) bond motifs is 1. The average Bonchev–Trinajstić information content (AvgIpc) is 2.27. The zero-order chi connectivity index (χ0) is 9.97. The van der Waals surface area contributed by atoms with Crippen molar-refractivity contribution in [3.05, 3.63) is 24.3 Å². The second kappa shape index (κ2) is 3.55. The number of hydrazine groups is 1. The first-order valence-corrected chi connectivity index (χ1v) is 4.18. The van der Waals surface area contributed by atoms with Crippen LogP contribution in [0.2, 0.25) is 0 Å². The Kier molecular flexibility index (Phi) is 2.24. The van der Waals surface area contributed by atoms with E-state index in [0.29, 0.717) is 17.9 Å². The van der Waals surface area contributed by atoms with E-state index in [4.69, 9.17) is 15.3 Å². The summed E-state index contributed by atoms with van der Waals surface area (Å²) in [6.07, 6.45) is -0.0514. The van der Waals surface area contributed by atoms with Crippen LogP contribution >= 0.6 is 0 Å². The van der Waals surface area contributed by atoms with Crippen LogP contribution in [0.3, 0.4) is 0 Å². The Morgan fingerprint density at radius 1 is 1.43 bits per heavy atom. The largest absolute Gasteiger partial charge is 0.484 e. The maximum Gasteiger partial charge on any atom is 0.226 e. The van der Waals surface area contributed by atoms with Gasteiger partial charge in [0.2, 0.25) is 12.6 Å². The molecule has 2 rings (SSSR count). The molecule has 0 saturated heterocycles. The Morgan fingerprint density at radius 2 is 2.14 bits per heavy atom. The van der Waals surface area contributed by atoms with Crippen LogP contribution in [0, 0.1) is 0 Å². The molecule has 1 atom stereocenters. The van der Waals surface area contributed by atoms with Crippen molar-refractivity contribution >= 4 is 6.41 Å². The summed E-state index contributed by atoms with van der Waals surface area (Å²) in [6, 6.07) is 7.24. The standard InChI is InChI=1S/C9H10N2O3/c10-11(6-12)9-5-13-7-3-1-2-4-8(7)14-9/h1-4,6,9H,5,10H2. The normalized spacial score (nSPS) is 18.8. The molecule has 74 valence electrons. The lowest BCUT2D eigenvalue weighted by Crippen LogP contribution is -2.48. The molecule has 1 aromatic carbocycles. The van der Waals surface area contributed by atoms with Gasteiger partial charge < -0.3 is 9.47 Å². The van der Waals surface area contributed by atoms with Crippen LogP contribution in [0.5, 0.6) is 11.5 Å². The minimum absolute atomic E-state index is 0.242. The lowest BCUT2D eigenvalue weighted by Gasteiger charge is -2.29. The highest BCUT2D eigenvalue weighted by molar-refractivity contribution is 5.47. The zero-order valence-corrected chi connectivity index (χ0v) is 7.42. The van der Waals surface area contributed by atoms with Crippen LogP contribution in [0.15, 0.2) is 24.3 Å². The number of carbonyl (C=O) groups is 1. The van der Waals surface area contributed by atoms with E-state index in [9.17, 15) is 4.79 Å². The van der Waals surface area contributed by atoms with Gasteiger partial charge in [-0.15, -0.1) is 0 Å². The maximum atomic E-state index is 10.4. The lowest BCUT2D eigenvalue weighted by molar-refractivity contribution is -0.129. The molecule has 1 aromatic rings. The molecule has 14 heavy (non-hydrogen) atoms. The van der Waals surface area contributed by atoms with Crippen molar-refractivity contribution in [3.8, 4) is 11.5 Å². The number of amides is 1. The Morgan fingerprint density at radius 3 is 2.86 bits per heavy atom. The Hall–Kier alpha value is -1.75. The first-order chi connectivity index (χ1) is 6.81. The van der Waals surface area contributed by atoms with Crippen LogP contribution in [0.1, 0.15) is 0 Å². The molecule has 0 aliphatic carbocycles. The van der Waals surface area contributed by atoms with E-state index < -0.39 is 6.23 Å². The van der Waals surface area contributed by atoms with Crippen LogP contribution in [0.25, 0.3) is 0 Å². The van der Waals surface area contributed by atoms with Gasteiger partial charge in [0.15, 0.2) is 11.5 Å². The van der Waals surface area contributed by atoms with Crippen LogP contribution in [-0.4, -0.2) is 24.3 Å². The second-order valence-electron chi connectivity index (χ2n) is 2.88. The first-order valence-electron chi connectivity index (χ1n) is 4.18. The number of para-hydroxylation sites is 2. The number of hydrogen-bond donors (Lipinski definition) is 1. The lowest BCUT2D eigenvalue weighted by atomic mass is 10.3. The van der Waals surface area contributed by atoms with Crippen molar-refractivity contribution in [3.63, 3.8) is 0 Å². The smallest absolute Gasteiger partial charge is 0.226 e. The van der Waals surface area contributed by atoms with E-state index in [2.05, 4.69) is 0 Å². The summed E-state index contributed by atoms with van der Waals surface area (Å²) in [6.45, 7) is 0.242. The summed E-state index contributed by atoms with van der Waals surface area (Å²) in [4.78, 5) is 10.4. The van der Waals surface area contributed by atoms with Gasteiger partial charge in [-0.1, -0.05) is 12.1 Å². The number of nitrogens with two attached hydrogens (primary N) is 1. The number of ether oxygens (including phenoxy) is 2. The number of rotatable bonds is 2. The quantitative estimate of drug-likeness (QED) is 0.314. The predicted octanol–water partition coefficient (Wildman–Crippen LogP) is 0.116. The van der Waals surface area contributed by atoms with E-state index >= 15 is 0 Å². The zero-order valence-electron chi connectivity index (χ0n) is 7.42. The fourth-order valence-electron chi connectivity index (χ4n) is 1.22. The molecule has 1 aliphatic heterocycles. The van der Waals surface area contributed by atoms with Crippen molar-refractivity contribution in [1.29, 1.82) is 0 Å². The Balaban J connectivity index is 2.17. The Labute approximate surface area is 81.0 Å². The molecule has 0 spiro atoms. The summed E-state index contributed by atoms with van der Waals surface area (Å²) in [7, 11) is 0. The summed E-state index contributed by atoms with van der Waals surface area (Å²) in [5, 5.41) is 0.940. The fraction of sp³-hybridized carbons (Fsp3) is 0.222. The molecule has 5 nitrogen and oxygen atoms in total. The van der Waals surface area contributed by atoms with E-state index in [1.807, 2.05) is 12.1 Å². The van der Waals surface area contributed by atoms with Crippen LogP contribution in [0.4, 0.5) is 0 Å². The van der Waals surface area contributed by atoms with E-state index in [1.54, 1.807) is 12.1 Å². The van der Waals surface area contributed by atoms with Gasteiger partial charge in [0.25, 0.3) is 0 Å². The molecule has 5 heteroatoms. The predicted molar refractivity (Wildman–Crippen MR) is 48.4 cm³/mol. The van der Waals surface area contributed by atoms with Gasteiger partial charge >= 0.3 is 0 Å². The molecule has 2 N–H and O–H groups in total. The second-order valence-corrected chi connectivity index (χ2v) is 2.88. The summed E-state index contributed by atoms with van der Waals surface area (Å²) < 4.78 is 10.8. The highest BCUT2D eigenvalue weighted by atomic mass is 16.6. The van der Waals surface area contributed by atoms with Crippen molar-refractivity contribution in [2.75, 3.05) is 6.61 Å². The topological polar surface area (TPSA) is 64.8 Å². The van der Waals surface area contributed by atoms with Gasteiger partial charge in [0.1, 0.15) is 6.61 Å². The third-order valence-electron chi connectivity index (χ3n) is 1.95. The van der Waals surface area contributed by atoms with Gasteiger partial charge in [-0.25, -0.2) is 10.9 Å². The number of nitrogens with zero attached hydrogens (tertiary/aromatic N) is 1. The van der Waals surface area contributed by atoms with E-state index in [-0.39, 0.29) is 6.61 Å². The number of benzene rings is 1. The Bertz CT molecular complexity index is 343. The van der Waals surface area contributed by atoms with Crippen molar-refractivity contribution in [2.24, 2.45) is 5.84 Å². The SMILES string of the molecule is NN(C=O)C1COc2ccccc2O1. The molecule has 0 saturated carbocycles. The highest BCUT2D eigenvalue weighted by Gasteiger charge is 2.23. The molecular formula is C9H10N2O3. The molecule has 0 bridgehead atoms. The summed E-state index contributed by atoms with van der Waals surface area (Å²) in [5.41, 5.74) is 0. The van der Waals surface area contributed by atoms with Crippen LogP contribution in [-0.2, 0) is 4.79 Å². The monoisotopic (exact) mass is 194 g/mol.